The third kappa shape index (κ3) is 2.74. The molecule has 1 unspecified atom stereocenters. The zero-order valence-corrected chi connectivity index (χ0v) is 9.72. The number of piperidine rings is 1. The SMILES string of the molecule is O=S(c1ncc(Cl)cn1)C1CCNCC1. The first kappa shape index (κ1) is 11.0. The van der Waals surface area contributed by atoms with Gasteiger partial charge in [-0.2, -0.15) is 0 Å². The highest BCUT2D eigenvalue weighted by Gasteiger charge is 2.22. The van der Waals surface area contributed by atoms with Crippen molar-refractivity contribution in [1.82, 2.24) is 15.3 Å². The molecule has 6 heteroatoms. The van der Waals surface area contributed by atoms with Crippen LogP contribution < -0.4 is 5.32 Å². The van der Waals surface area contributed by atoms with Gasteiger partial charge < -0.3 is 5.32 Å². The first-order chi connectivity index (χ1) is 7.27. The Morgan fingerprint density at radius 1 is 1.33 bits per heavy atom. The van der Waals surface area contributed by atoms with E-state index >= 15 is 0 Å². The molecule has 1 aromatic heterocycles. The number of nitrogens with one attached hydrogen (secondary N) is 1. The molecule has 1 atom stereocenters. The molecule has 0 saturated carbocycles. The predicted octanol–water partition coefficient (Wildman–Crippen LogP) is 0.990. The quantitative estimate of drug-likeness (QED) is 0.790. The molecule has 0 aliphatic carbocycles. The Morgan fingerprint density at radius 2 is 1.93 bits per heavy atom. The minimum Gasteiger partial charge on any atom is -0.317 e. The van der Waals surface area contributed by atoms with E-state index in [2.05, 4.69) is 15.3 Å². The number of rotatable bonds is 2. The van der Waals surface area contributed by atoms with E-state index in [1.54, 1.807) is 0 Å². The van der Waals surface area contributed by atoms with E-state index in [0.717, 1.165) is 25.9 Å². The molecule has 15 heavy (non-hydrogen) atoms. The van der Waals surface area contributed by atoms with Gasteiger partial charge in [-0.3, -0.25) is 4.21 Å². The lowest BCUT2D eigenvalue weighted by Gasteiger charge is -2.20. The summed E-state index contributed by atoms with van der Waals surface area (Å²) in [6.45, 7) is 1.84. The molecule has 0 spiro atoms. The second-order valence-corrected chi connectivity index (χ2v) is 5.49. The summed E-state index contributed by atoms with van der Waals surface area (Å²) < 4.78 is 12.0. The maximum absolute atomic E-state index is 12.0. The molecular weight excluding hydrogens is 234 g/mol. The number of aromatic nitrogens is 2. The van der Waals surface area contributed by atoms with Crippen molar-refractivity contribution in [2.45, 2.75) is 23.2 Å². The second kappa shape index (κ2) is 5.01. The van der Waals surface area contributed by atoms with Gasteiger partial charge in [-0.25, -0.2) is 9.97 Å². The van der Waals surface area contributed by atoms with Gasteiger partial charge in [0.05, 0.1) is 28.2 Å². The highest BCUT2D eigenvalue weighted by atomic mass is 35.5. The molecule has 1 aliphatic rings. The largest absolute Gasteiger partial charge is 0.317 e. The van der Waals surface area contributed by atoms with Gasteiger partial charge in [0.2, 0.25) is 5.16 Å². The van der Waals surface area contributed by atoms with Crippen LogP contribution in [0.25, 0.3) is 0 Å². The fraction of sp³-hybridized carbons (Fsp3) is 0.556. The van der Waals surface area contributed by atoms with Crippen LogP contribution in [0.5, 0.6) is 0 Å². The van der Waals surface area contributed by atoms with Crippen LogP contribution in [0.1, 0.15) is 12.8 Å². The highest BCUT2D eigenvalue weighted by Crippen LogP contribution is 2.15. The van der Waals surface area contributed by atoms with Crippen LogP contribution in [0.15, 0.2) is 17.6 Å². The summed E-state index contributed by atoms with van der Waals surface area (Å²) in [5.41, 5.74) is 0. The van der Waals surface area contributed by atoms with Gasteiger partial charge in [0.1, 0.15) is 0 Å². The topological polar surface area (TPSA) is 54.9 Å². The molecule has 0 amide bonds. The first-order valence-electron chi connectivity index (χ1n) is 4.86. The van der Waals surface area contributed by atoms with Gasteiger partial charge in [0.15, 0.2) is 0 Å². The molecule has 1 saturated heterocycles. The minimum absolute atomic E-state index is 0.174. The normalized spacial score (nSPS) is 20.1. The molecule has 4 nitrogen and oxygen atoms in total. The predicted molar refractivity (Wildman–Crippen MR) is 59.3 cm³/mol. The van der Waals surface area contributed by atoms with E-state index in [4.69, 9.17) is 11.6 Å². The summed E-state index contributed by atoms with van der Waals surface area (Å²) in [6.07, 6.45) is 4.81. The van der Waals surface area contributed by atoms with E-state index in [0.29, 0.717) is 10.2 Å². The van der Waals surface area contributed by atoms with E-state index in [1.165, 1.54) is 12.4 Å². The Hall–Kier alpha value is -0.520. The number of hydrogen-bond donors (Lipinski definition) is 1. The molecule has 1 N–H and O–H groups in total. The zero-order valence-electron chi connectivity index (χ0n) is 8.15. The maximum Gasteiger partial charge on any atom is 0.218 e. The van der Waals surface area contributed by atoms with Gasteiger partial charge in [-0.15, -0.1) is 0 Å². The van der Waals surface area contributed by atoms with Gasteiger partial charge in [0.25, 0.3) is 0 Å². The van der Waals surface area contributed by atoms with Crippen molar-refractivity contribution in [1.29, 1.82) is 0 Å². The van der Waals surface area contributed by atoms with Gasteiger partial charge >= 0.3 is 0 Å². The molecule has 2 heterocycles. The number of hydrogen-bond acceptors (Lipinski definition) is 4. The van der Waals surface area contributed by atoms with E-state index in [1.807, 2.05) is 0 Å². The van der Waals surface area contributed by atoms with E-state index in [-0.39, 0.29) is 5.25 Å². The summed E-state index contributed by atoms with van der Waals surface area (Å²) in [7, 11) is -1.10. The summed E-state index contributed by atoms with van der Waals surface area (Å²) >= 11 is 5.67. The third-order valence-electron chi connectivity index (χ3n) is 2.37. The van der Waals surface area contributed by atoms with Crippen LogP contribution in [0, 0.1) is 0 Å². The summed E-state index contributed by atoms with van der Waals surface area (Å²) in [5, 5.41) is 4.28. The van der Waals surface area contributed by atoms with Crippen LogP contribution in [0.2, 0.25) is 5.02 Å². The molecule has 2 rings (SSSR count). The Labute approximate surface area is 95.9 Å². The average molecular weight is 246 g/mol. The molecule has 1 aliphatic heterocycles. The Kier molecular flexibility index (Phi) is 3.66. The van der Waals surface area contributed by atoms with E-state index in [9.17, 15) is 4.21 Å². The van der Waals surface area contributed by atoms with Gasteiger partial charge in [-0.1, -0.05) is 11.6 Å². The van der Waals surface area contributed by atoms with Crippen LogP contribution in [-0.4, -0.2) is 32.5 Å². The molecule has 1 fully saturated rings. The molecule has 82 valence electrons. The average Bonchev–Trinajstić information content (AvgIpc) is 2.30. The maximum atomic E-state index is 12.0. The Bertz CT molecular complexity index is 351. The van der Waals surface area contributed by atoms with Crippen molar-refractivity contribution in [2.24, 2.45) is 0 Å². The Balaban J connectivity index is 2.09. The molecule has 0 aromatic carbocycles. The second-order valence-electron chi connectivity index (χ2n) is 3.43. The van der Waals surface area contributed by atoms with Crippen molar-refractivity contribution >= 4 is 22.4 Å². The summed E-state index contributed by atoms with van der Waals surface area (Å²) in [5.74, 6) is 0. The van der Waals surface area contributed by atoms with Crippen molar-refractivity contribution in [3.63, 3.8) is 0 Å². The lowest BCUT2D eigenvalue weighted by Crippen LogP contribution is -2.33. The van der Waals surface area contributed by atoms with Crippen molar-refractivity contribution < 1.29 is 4.21 Å². The molecule has 0 radical (unpaired) electrons. The van der Waals surface area contributed by atoms with Gasteiger partial charge in [0, 0.05) is 5.25 Å². The first-order valence-corrected chi connectivity index (χ1v) is 6.45. The fourth-order valence-electron chi connectivity index (χ4n) is 1.56. The molecule has 0 bridgehead atoms. The highest BCUT2D eigenvalue weighted by molar-refractivity contribution is 7.85. The number of nitrogens with zero attached hydrogens (tertiary/aromatic N) is 2. The fourth-order valence-corrected chi connectivity index (χ4v) is 2.94. The lowest BCUT2D eigenvalue weighted by atomic mass is 10.2. The molecule has 1 aromatic rings. The Morgan fingerprint density at radius 3 is 2.53 bits per heavy atom. The smallest absolute Gasteiger partial charge is 0.218 e. The zero-order chi connectivity index (χ0) is 10.7. The third-order valence-corrected chi connectivity index (χ3v) is 4.21. The van der Waals surface area contributed by atoms with Crippen LogP contribution in [0.4, 0.5) is 0 Å². The van der Waals surface area contributed by atoms with Crippen molar-refractivity contribution in [3.8, 4) is 0 Å². The van der Waals surface area contributed by atoms with Gasteiger partial charge in [-0.05, 0) is 25.9 Å². The summed E-state index contributed by atoms with van der Waals surface area (Å²) in [6, 6.07) is 0. The number of halogens is 1. The van der Waals surface area contributed by atoms with Crippen LogP contribution in [-0.2, 0) is 10.8 Å². The molecular formula is C9H12ClN3OS. The van der Waals surface area contributed by atoms with E-state index < -0.39 is 10.8 Å². The minimum atomic E-state index is -1.10. The van der Waals surface area contributed by atoms with Crippen LogP contribution in [0.3, 0.4) is 0 Å². The summed E-state index contributed by atoms with van der Waals surface area (Å²) in [4.78, 5) is 7.98. The lowest BCUT2D eigenvalue weighted by molar-refractivity contribution is 0.517. The standard InChI is InChI=1S/C9H12ClN3OS/c10-7-5-12-9(13-6-7)15(14)8-1-3-11-4-2-8/h5-6,8,11H,1-4H2. The van der Waals surface area contributed by atoms with Crippen molar-refractivity contribution in [2.75, 3.05) is 13.1 Å². The van der Waals surface area contributed by atoms with Crippen LogP contribution >= 0.6 is 11.6 Å². The van der Waals surface area contributed by atoms with Crippen molar-refractivity contribution in [3.05, 3.63) is 17.4 Å². The monoisotopic (exact) mass is 245 g/mol.